The predicted molar refractivity (Wildman–Crippen MR) is 122 cm³/mol. The molecular formula is C24H37N3O3. The Bertz CT molecular complexity index is 843. The number of aliphatic hydroxyl groups is 1. The van der Waals surface area contributed by atoms with E-state index in [2.05, 4.69) is 22.1 Å². The monoisotopic (exact) mass is 415 g/mol. The van der Waals surface area contributed by atoms with E-state index in [0.717, 1.165) is 18.9 Å². The molecule has 0 amide bonds. The number of H-pyrrole nitrogens is 1. The van der Waals surface area contributed by atoms with Crippen LogP contribution in [0.1, 0.15) is 63.5 Å². The Kier molecular flexibility index (Phi) is 8.73. The average Bonchev–Trinajstić information content (AvgIpc) is 2.74. The van der Waals surface area contributed by atoms with Crippen LogP contribution in [0.3, 0.4) is 0 Å². The maximum absolute atomic E-state index is 11.5. The highest BCUT2D eigenvalue weighted by Crippen LogP contribution is 2.28. The Morgan fingerprint density at radius 3 is 2.63 bits per heavy atom. The summed E-state index contributed by atoms with van der Waals surface area (Å²) in [5.41, 5.74) is 0.810. The lowest BCUT2D eigenvalue weighted by Gasteiger charge is -2.30. The highest BCUT2D eigenvalue weighted by atomic mass is 16.3. The number of nitrogens with one attached hydrogen (secondary N) is 2. The Morgan fingerprint density at radius 2 is 1.83 bits per heavy atom. The summed E-state index contributed by atoms with van der Waals surface area (Å²) in [7, 11) is 0. The fraction of sp³-hybridized carbons (Fsp3) is 0.625. The number of hydrogen-bond donors (Lipinski definition) is 4. The molecule has 6 nitrogen and oxygen atoms in total. The van der Waals surface area contributed by atoms with E-state index in [9.17, 15) is 15.0 Å². The first-order chi connectivity index (χ1) is 14.5. The number of hydrogen-bond acceptors (Lipinski definition) is 5. The summed E-state index contributed by atoms with van der Waals surface area (Å²) < 4.78 is 0. The minimum absolute atomic E-state index is 0.0152. The van der Waals surface area contributed by atoms with E-state index in [0.29, 0.717) is 23.0 Å². The van der Waals surface area contributed by atoms with Gasteiger partial charge in [-0.3, -0.25) is 4.79 Å². The molecule has 0 radical (unpaired) electrons. The number of aromatic hydroxyl groups is 1. The number of fused-ring (bicyclic) bond motifs is 1. The lowest BCUT2D eigenvalue weighted by atomic mass is 9.99. The molecule has 2 aromatic rings. The van der Waals surface area contributed by atoms with E-state index in [-0.39, 0.29) is 11.3 Å². The summed E-state index contributed by atoms with van der Waals surface area (Å²) in [6, 6.07) is 6.29. The molecule has 4 N–H and O–H groups in total. The lowest BCUT2D eigenvalue weighted by molar-refractivity contribution is 0.176. The van der Waals surface area contributed by atoms with Gasteiger partial charge in [0.25, 0.3) is 0 Å². The minimum atomic E-state index is -0.689. The van der Waals surface area contributed by atoms with E-state index in [1.54, 1.807) is 12.1 Å². The molecule has 30 heavy (non-hydrogen) atoms. The lowest BCUT2D eigenvalue weighted by Crippen LogP contribution is -2.33. The zero-order valence-electron chi connectivity index (χ0n) is 18.2. The second-order valence-electron chi connectivity index (χ2n) is 8.80. The maximum atomic E-state index is 11.5. The van der Waals surface area contributed by atoms with Crippen LogP contribution in [-0.4, -0.2) is 52.8 Å². The number of likely N-dealkylation sites (tertiary alicyclic amines) is 1. The molecule has 3 rings (SSSR count). The van der Waals surface area contributed by atoms with Gasteiger partial charge in [0.1, 0.15) is 5.75 Å². The average molecular weight is 416 g/mol. The molecule has 6 heteroatoms. The summed E-state index contributed by atoms with van der Waals surface area (Å²) >= 11 is 0. The van der Waals surface area contributed by atoms with Gasteiger partial charge in [-0.25, -0.2) is 0 Å². The number of nitrogens with zero attached hydrogens (tertiary/aromatic N) is 1. The van der Waals surface area contributed by atoms with Crippen molar-refractivity contribution >= 4 is 10.9 Å². The van der Waals surface area contributed by atoms with Gasteiger partial charge >= 0.3 is 0 Å². The number of aliphatic hydroxyl groups excluding tert-OH is 1. The highest BCUT2D eigenvalue weighted by molar-refractivity contribution is 5.87. The molecule has 0 saturated carbocycles. The smallest absolute Gasteiger partial charge is 0.248 e. The summed E-state index contributed by atoms with van der Waals surface area (Å²) in [4.78, 5) is 16.8. The minimum Gasteiger partial charge on any atom is -0.506 e. The molecule has 1 aliphatic rings. The number of rotatable bonds is 11. The predicted octanol–water partition coefficient (Wildman–Crippen LogP) is 3.54. The van der Waals surface area contributed by atoms with E-state index >= 15 is 0 Å². The fourth-order valence-electron chi connectivity index (χ4n) is 4.30. The van der Waals surface area contributed by atoms with Crippen LogP contribution in [0.25, 0.3) is 10.9 Å². The SMILES string of the molecule is CC1CCN(CCCCCCCNC[C@@H](O)c2ccc(O)c3[nH]c(=O)ccc23)CC1. The van der Waals surface area contributed by atoms with Gasteiger partial charge in [-0.1, -0.05) is 32.3 Å². The van der Waals surface area contributed by atoms with Crippen molar-refractivity contribution < 1.29 is 10.2 Å². The third-order valence-corrected chi connectivity index (χ3v) is 6.31. The van der Waals surface area contributed by atoms with Crippen molar-refractivity contribution in [3.8, 4) is 5.75 Å². The van der Waals surface area contributed by atoms with Crippen molar-refractivity contribution in [3.05, 3.63) is 40.2 Å². The van der Waals surface area contributed by atoms with Crippen LogP contribution in [0.2, 0.25) is 0 Å². The number of aromatic nitrogens is 1. The molecule has 1 atom stereocenters. The van der Waals surface area contributed by atoms with Gasteiger partial charge in [0.2, 0.25) is 5.56 Å². The molecule has 1 aliphatic heterocycles. The number of unbranched alkanes of at least 4 members (excludes halogenated alkanes) is 4. The molecular weight excluding hydrogens is 378 g/mol. The van der Waals surface area contributed by atoms with E-state index in [1.807, 2.05) is 0 Å². The van der Waals surface area contributed by atoms with Crippen molar-refractivity contribution in [2.45, 2.75) is 58.0 Å². The molecule has 1 fully saturated rings. The van der Waals surface area contributed by atoms with E-state index in [1.165, 1.54) is 70.3 Å². The van der Waals surface area contributed by atoms with Gasteiger partial charge < -0.3 is 25.4 Å². The van der Waals surface area contributed by atoms with Crippen LogP contribution in [0.15, 0.2) is 29.1 Å². The van der Waals surface area contributed by atoms with Gasteiger partial charge in [-0.2, -0.15) is 0 Å². The summed E-state index contributed by atoms with van der Waals surface area (Å²) in [5, 5.41) is 24.5. The van der Waals surface area contributed by atoms with Crippen LogP contribution in [0.4, 0.5) is 0 Å². The first kappa shape index (κ1) is 22.8. The molecule has 1 aromatic heterocycles. The van der Waals surface area contributed by atoms with Crippen molar-refractivity contribution in [3.63, 3.8) is 0 Å². The van der Waals surface area contributed by atoms with Gasteiger partial charge in [-0.05, 0) is 75.5 Å². The Hall–Kier alpha value is -1.89. The van der Waals surface area contributed by atoms with E-state index in [4.69, 9.17) is 0 Å². The first-order valence-electron chi connectivity index (χ1n) is 11.5. The topological polar surface area (TPSA) is 88.6 Å². The number of aromatic amines is 1. The molecule has 1 aromatic carbocycles. The van der Waals surface area contributed by atoms with Crippen molar-refractivity contribution in [1.82, 2.24) is 15.2 Å². The fourth-order valence-corrected chi connectivity index (χ4v) is 4.30. The van der Waals surface area contributed by atoms with Gasteiger partial charge in [-0.15, -0.1) is 0 Å². The second-order valence-corrected chi connectivity index (χ2v) is 8.80. The number of pyridine rings is 1. The first-order valence-corrected chi connectivity index (χ1v) is 11.5. The van der Waals surface area contributed by atoms with Crippen molar-refractivity contribution in [1.29, 1.82) is 0 Å². The molecule has 0 spiro atoms. The Labute approximate surface area is 179 Å². The van der Waals surface area contributed by atoms with Gasteiger partial charge in [0.15, 0.2) is 0 Å². The summed E-state index contributed by atoms with van der Waals surface area (Å²) in [6.45, 7) is 7.50. The van der Waals surface area contributed by atoms with E-state index < -0.39 is 6.10 Å². The van der Waals surface area contributed by atoms with Crippen LogP contribution in [0, 0.1) is 5.92 Å². The number of benzene rings is 1. The van der Waals surface area contributed by atoms with Crippen LogP contribution < -0.4 is 10.9 Å². The molecule has 1 saturated heterocycles. The zero-order chi connectivity index (χ0) is 21.3. The molecule has 2 heterocycles. The number of phenolic OH excluding ortho intramolecular Hbond substituents is 1. The van der Waals surface area contributed by atoms with Crippen LogP contribution in [-0.2, 0) is 0 Å². The molecule has 166 valence electrons. The number of phenols is 1. The Morgan fingerprint density at radius 1 is 1.10 bits per heavy atom. The van der Waals surface area contributed by atoms with Crippen LogP contribution >= 0.6 is 0 Å². The second kappa shape index (κ2) is 11.5. The third-order valence-electron chi connectivity index (χ3n) is 6.31. The zero-order valence-corrected chi connectivity index (χ0v) is 18.2. The van der Waals surface area contributed by atoms with Gasteiger partial charge in [0.05, 0.1) is 11.6 Å². The largest absolute Gasteiger partial charge is 0.506 e. The number of piperidine rings is 1. The third kappa shape index (κ3) is 6.56. The standard InChI is InChI=1S/C24H37N3O3/c1-18-11-15-27(16-12-18)14-6-4-2-3-5-13-25-17-22(29)19-7-9-21(28)24-20(19)8-10-23(30)26-24/h7-10,18,22,25,28-29H,2-6,11-17H2,1H3,(H,26,30)/t22-/m1/s1. The summed E-state index contributed by atoms with van der Waals surface area (Å²) in [5.74, 6) is 0.922. The maximum Gasteiger partial charge on any atom is 0.248 e. The van der Waals surface area contributed by atoms with Gasteiger partial charge in [0, 0.05) is 18.0 Å². The quantitative estimate of drug-likeness (QED) is 0.422. The van der Waals surface area contributed by atoms with Crippen molar-refractivity contribution in [2.75, 3.05) is 32.7 Å². The normalized spacial score (nSPS) is 16.9. The summed E-state index contributed by atoms with van der Waals surface area (Å²) in [6.07, 6.45) is 8.21. The molecule has 0 bridgehead atoms. The van der Waals surface area contributed by atoms with Crippen molar-refractivity contribution in [2.24, 2.45) is 5.92 Å². The Balaban J connectivity index is 1.29. The highest BCUT2D eigenvalue weighted by Gasteiger charge is 2.15. The molecule has 0 unspecified atom stereocenters. The molecule has 0 aliphatic carbocycles. The van der Waals surface area contributed by atoms with Crippen LogP contribution in [0.5, 0.6) is 5.75 Å².